The lowest BCUT2D eigenvalue weighted by molar-refractivity contribution is -0.139. The molecular weight excluding hydrogens is 652 g/mol. The van der Waals surface area contributed by atoms with E-state index in [2.05, 4.69) is 5.10 Å². The van der Waals surface area contributed by atoms with E-state index in [-0.39, 0.29) is 37.9 Å². The molecule has 0 spiro atoms. The third-order valence-corrected chi connectivity index (χ3v) is 9.44. The number of benzene rings is 4. The van der Waals surface area contributed by atoms with Crippen molar-refractivity contribution in [2.24, 2.45) is 11.0 Å². The molecule has 9 nitrogen and oxygen atoms in total. The van der Waals surface area contributed by atoms with E-state index in [1.54, 1.807) is 54.3 Å². The summed E-state index contributed by atoms with van der Waals surface area (Å²) >= 11 is 6.37. The molecule has 256 valence electrons. The number of aliphatic hydroxyl groups excluding tert-OH is 1. The molecule has 0 fully saturated rings. The van der Waals surface area contributed by atoms with Gasteiger partial charge in [0.1, 0.15) is 0 Å². The van der Waals surface area contributed by atoms with E-state index >= 15 is 0 Å². The van der Waals surface area contributed by atoms with Crippen LogP contribution in [0.5, 0.6) is 0 Å². The number of nitrogens with zero attached hydrogens (tertiary/aromatic N) is 4. The Hall–Kier alpha value is -5.09. The van der Waals surface area contributed by atoms with Gasteiger partial charge in [-0.05, 0) is 47.0 Å². The molecule has 0 saturated heterocycles. The molecule has 0 saturated carbocycles. The van der Waals surface area contributed by atoms with Crippen LogP contribution >= 0.6 is 11.6 Å². The average molecular weight is 691 g/mol. The van der Waals surface area contributed by atoms with Gasteiger partial charge in [0.15, 0.2) is 5.60 Å². The Kier molecular flexibility index (Phi) is 10.6. The average Bonchev–Trinajstić information content (AvgIpc) is 3.34. The minimum Gasteiger partial charge on any atom is -0.395 e. The number of carbonyl (C=O) groups is 3. The van der Waals surface area contributed by atoms with Gasteiger partial charge in [-0.1, -0.05) is 103 Å². The maximum absolute atomic E-state index is 14.1. The summed E-state index contributed by atoms with van der Waals surface area (Å²) in [5, 5.41) is 28.1. The highest BCUT2D eigenvalue weighted by Gasteiger charge is 2.52. The first-order valence-corrected chi connectivity index (χ1v) is 17.0. The normalized spacial score (nSPS) is 18.0. The van der Waals surface area contributed by atoms with Crippen molar-refractivity contribution in [2.45, 2.75) is 44.9 Å². The summed E-state index contributed by atoms with van der Waals surface area (Å²) in [7, 11) is 0. The second-order valence-electron chi connectivity index (χ2n) is 12.5. The van der Waals surface area contributed by atoms with Gasteiger partial charge in [0.25, 0.3) is 5.91 Å². The molecule has 50 heavy (non-hydrogen) atoms. The highest BCUT2D eigenvalue weighted by atomic mass is 35.5. The molecule has 4 aromatic carbocycles. The first-order valence-electron chi connectivity index (χ1n) is 16.7. The Morgan fingerprint density at radius 3 is 2.36 bits per heavy atom. The summed E-state index contributed by atoms with van der Waals surface area (Å²) in [5.41, 5.74) is 3.20. The van der Waals surface area contributed by atoms with Crippen LogP contribution in [-0.2, 0) is 33.1 Å². The Labute approximate surface area is 296 Å². The van der Waals surface area contributed by atoms with E-state index in [0.717, 1.165) is 22.4 Å². The fourth-order valence-electron chi connectivity index (χ4n) is 6.45. The van der Waals surface area contributed by atoms with Crippen LogP contribution in [0.15, 0.2) is 120 Å². The molecule has 10 heteroatoms. The molecule has 6 rings (SSSR count). The Morgan fingerprint density at radius 2 is 1.66 bits per heavy atom. The first kappa shape index (κ1) is 34.8. The molecule has 0 unspecified atom stereocenters. The molecule has 2 atom stereocenters. The number of hydrogen-bond acceptors (Lipinski definition) is 6. The van der Waals surface area contributed by atoms with E-state index in [4.69, 9.17) is 11.6 Å². The van der Waals surface area contributed by atoms with Crippen molar-refractivity contribution in [3.63, 3.8) is 0 Å². The van der Waals surface area contributed by atoms with Crippen LogP contribution in [-0.4, -0.2) is 51.7 Å². The number of carbonyl (C=O) groups excluding carboxylic acids is 3. The maximum Gasteiger partial charge on any atom is 0.264 e. The van der Waals surface area contributed by atoms with Gasteiger partial charge >= 0.3 is 0 Å². The standard InChI is InChI=1S/C40H39ClN4O5/c1-28(9-8-14-37(47)43(23-24-46)26-29-10-4-2-5-11-29)40(50)34-25-32(41)17-21-36(34)44(39(40)49)27-30-15-18-33(19-16-30)45-38(48)22-20-35(42-45)31-12-6-3-7-13-31/h2-13,15-19,21,25,28,46,50H,14,20,22-24,26-27H2,1H3/b9-8+/t28-,40+/m1/s1. The van der Waals surface area contributed by atoms with Crippen molar-refractivity contribution >= 4 is 46.4 Å². The molecule has 2 heterocycles. The minimum atomic E-state index is -1.92. The summed E-state index contributed by atoms with van der Waals surface area (Å²) < 4.78 is 0. The van der Waals surface area contributed by atoms with E-state index in [1.165, 1.54) is 9.91 Å². The van der Waals surface area contributed by atoms with Gasteiger partial charge in [-0.3, -0.25) is 14.4 Å². The summed E-state index contributed by atoms with van der Waals surface area (Å²) in [5.74, 6) is -1.48. The Morgan fingerprint density at radius 1 is 0.960 bits per heavy atom. The predicted molar refractivity (Wildman–Crippen MR) is 195 cm³/mol. The molecule has 2 N–H and O–H groups in total. The topological polar surface area (TPSA) is 114 Å². The Balaban J connectivity index is 1.17. The monoisotopic (exact) mass is 690 g/mol. The number of hydrogen-bond donors (Lipinski definition) is 2. The maximum atomic E-state index is 14.1. The number of fused-ring (bicyclic) bond motifs is 1. The fraction of sp³-hybridized carbons (Fsp3) is 0.250. The van der Waals surface area contributed by atoms with Crippen LogP contribution in [0.3, 0.4) is 0 Å². The fourth-order valence-corrected chi connectivity index (χ4v) is 6.62. The third-order valence-electron chi connectivity index (χ3n) is 9.21. The summed E-state index contributed by atoms with van der Waals surface area (Å²) in [4.78, 5) is 43.1. The van der Waals surface area contributed by atoms with Gasteiger partial charge < -0.3 is 20.0 Å². The van der Waals surface area contributed by atoms with Gasteiger partial charge in [0, 0.05) is 48.9 Å². The SMILES string of the molecule is C[C@H](/C=C/CC(=O)N(CCO)Cc1ccccc1)[C@@]1(O)C(=O)N(Cc2ccc(N3N=C(c4ccccc4)CCC3=O)cc2)c2ccc(Cl)cc21. The van der Waals surface area contributed by atoms with Gasteiger partial charge in [0.2, 0.25) is 11.8 Å². The zero-order valence-electron chi connectivity index (χ0n) is 27.8. The van der Waals surface area contributed by atoms with E-state index in [0.29, 0.717) is 41.3 Å². The summed E-state index contributed by atoms with van der Waals surface area (Å²) in [6, 6.07) is 31.6. The molecule has 0 aromatic heterocycles. The number of hydrazone groups is 1. The van der Waals surface area contributed by atoms with Crippen molar-refractivity contribution < 1.29 is 24.6 Å². The number of halogens is 1. The lowest BCUT2D eigenvalue weighted by atomic mass is 9.83. The van der Waals surface area contributed by atoms with Crippen molar-refractivity contribution in [3.05, 3.63) is 143 Å². The van der Waals surface area contributed by atoms with Crippen LogP contribution in [0, 0.1) is 5.92 Å². The van der Waals surface area contributed by atoms with E-state index in [1.807, 2.05) is 72.8 Å². The highest BCUT2D eigenvalue weighted by molar-refractivity contribution is 6.31. The number of rotatable bonds is 12. The molecule has 0 bridgehead atoms. The number of aliphatic hydroxyl groups is 2. The lowest BCUT2D eigenvalue weighted by Crippen LogP contribution is -2.44. The highest BCUT2D eigenvalue weighted by Crippen LogP contribution is 2.46. The lowest BCUT2D eigenvalue weighted by Gasteiger charge is -2.28. The second-order valence-corrected chi connectivity index (χ2v) is 13.0. The zero-order valence-corrected chi connectivity index (χ0v) is 28.5. The molecule has 4 aromatic rings. The summed E-state index contributed by atoms with van der Waals surface area (Å²) in [6.45, 7) is 2.30. The molecule has 0 radical (unpaired) electrons. The Bertz CT molecular complexity index is 1920. The van der Waals surface area contributed by atoms with Crippen molar-refractivity contribution in [1.82, 2.24) is 4.90 Å². The van der Waals surface area contributed by atoms with E-state index in [9.17, 15) is 24.6 Å². The molecular formula is C40H39ClN4O5. The van der Waals surface area contributed by atoms with Gasteiger partial charge in [0.05, 0.1) is 30.2 Å². The summed E-state index contributed by atoms with van der Waals surface area (Å²) in [6.07, 6.45) is 4.30. The quantitative estimate of drug-likeness (QED) is 0.172. The number of amides is 3. The predicted octanol–water partition coefficient (Wildman–Crippen LogP) is 6.21. The van der Waals surface area contributed by atoms with Crippen molar-refractivity contribution in [3.8, 4) is 0 Å². The molecule has 2 aliphatic rings. The number of anilines is 2. The van der Waals surface area contributed by atoms with Crippen molar-refractivity contribution in [1.29, 1.82) is 0 Å². The largest absolute Gasteiger partial charge is 0.395 e. The van der Waals surface area contributed by atoms with Crippen LogP contribution in [0.25, 0.3) is 0 Å². The van der Waals surface area contributed by atoms with Gasteiger partial charge in [-0.15, -0.1) is 0 Å². The minimum absolute atomic E-state index is 0.0380. The molecule has 3 amide bonds. The van der Waals surface area contributed by atoms with Crippen molar-refractivity contribution in [2.75, 3.05) is 23.1 Å². The molecule has 2 aliphatic heterocycles. The molecule has 0 aliphatic carbocycles. The van der Waals surface area contributed by atoms with Gasteiger partial charge in [-0.25, -0.2) is 5.01 Å². The van der Waals surface area contributed by atoms with Gasteiger partial charge in [-0.2, -0.15) is 5.10 Å². The van der Waals surface area contributed by atoms with Crippen LogP contribution < -0.4 is 9.91 Å². The first-order chi connectivity index (χ1) is 24.2. The third kappa shape index (κ3) is 7.26. The smallest absolute Gasteiger partial charge is 0.264 e. The zero-order chi connectivity index (χ0) is 35.3. The van der Waals surface area contributed by atoms with Crippen LogP contribution in [0.1, 0.15) is 48.4 Å². The van der Waals surface area contributed by atoms with Crippen LogP contribution in [0.4, 0.5) is 11.4 Å². The van der Waals surface area contributed by atoms with Crippen LogP contribution in [0.2, 0.25) is 5.02 Å². The van der Waals surface area contributed by atoms with E-state index < -0.39 is 17.4 Å². The second kappa shape index (κ2) is 15.2.